The summed E-state index contributed by atoms with van der Waals surface area (Å²) in [6.07, 6.45) is -3.51. The normalized spacial score (nSPS) is 16.8. The van der Waals surface area contributed by atoms with E-state index in [1.54, 1.807) is 0 Å². The summed E-state index contributed by atoms with van der Waals surface area (Å²) in [5.41, 5.74) is 0. The van der Waals surface area contributed by atoms with Gasteiger partial charge < -0.3 is 20.7 Å². The lowest BCUT2D eigenvalue weighted by molar-refractivity contribution is -0.394. The third-order valence-corrected chi connectivity index (χ3v) is 3.46. The summed E-state index contributed by atoms with van der Waals surface area (Å²) >= 11 is 0. The zero-order valence-electron chi connectivity index (χ0n) is 12.9. The van der Waals surface area contributed by atoms with Gasteiger partial charge in [-0.05, 0) is 4.92 Å². The van der Waals surface area contributed by atoms with Crippen molar-refractivity contribution in [1.29, 1.82) is 0 Å². The molecule has 1 fully saturated rings. The maximum Gasteiger partial charge on any atom is 0.490 e. The van der Waals surface area contributed by atoms with Crippen molar-refractivity contribution in [2.75, 3.05) is 32.7 Å². The zero-order valence-corrected chi connectivity index (χ0v) is 13.7. The van der Waals surface area contributed by atoms with Crippen molar-refractivity contribution in [2.24, 2.45) is 0 Å². The number of alkyl halides is 3. The molecule has 2 rings (SSSR count). The summed E-state index contributed by atoms with van der Waals surface area (Å²) in [5.74, 6) is -1.42. The number of halogens is 4. The van der Waals surface area contributed by atoms with E-state index in [0.717, 1.165) is 11.0 Å². The molecule has 1 amide bonds. The Bertz CT molecular complexity index is 592. The number of carbonyl (C=O) groups is 1. The van der Waals surface area contributed by atoms with E-state index < -0.39 is 42.1 Å². The van der Waals surface area contributed by atoms with Crippen LogP contribution in [0.3, 0.4) is 0 Å². The maximum atomic E-state index is 13.2. The highest BCUT2D eigenvalue weighted by atomic mass is 35.5. The van der Waals surface area contributed by atoms with E-state index >= 15 is 0 Å². The van der Waals surface area contributed by atoms with Gasteiger partial charge in [0.05, 0.1) is 0 Å². The first-order chi connectivity index (χ1) is 11.3. The fourth-order valence-corrected chi connectivity index (χ4v) is 2.30. The molecule has 0 aliphatic carbocycles. The van der Waals surface area contributed by atoms with Gasteiger partial charge in [0.25, 0.3) is 0 Å². The Morgan fingerprint density at radius 2 is 2.08 bits per heavy atom. The second-order valence-corrected chi connectivity index (χ2v) is 5.15. The lowest BCUT2D eigenvalue weighted by atomic mass is 10.2. The van der Waals surface area contributed by atoms with Gasteiger partial charge in [-0.15, -0.1) is 12.4 Å². The SMILES string of the molecule is Cl.O=C(Cn1cnc([N+](=O)[O-])n1)NCC(N1CCNCC1)C(F)(F)F. The van der Waals surface area contributed by atoms with E-state index in [-0.39, 0.29) is 25.5 Å². The Kier molecular flexibility index (Phi) is 7.51. The van der Waals surface area contributed by atoms with Crippen LogP contribution in [0.2, 0.25) is 0 Å². The quantitative estimate of drug-likeness (QED) is 0.502. The summed E-state index contributed by atoms with van der Waals surface area (Å²) in [5, 5.41) is 19.0. The van der Waals surface area contributed by atoms with Crippen molar-refractivity contribution in [3.05, 3.63) is 16.4 Å². The topological polar surface area (TPSA) is 118 Å². The van der Waals surface area contributed by atoms with Gasteiger partial charge in [0.15, 0.2) is 0 Å². The van der Waals surface area contributed by atoms with Crippen LogP contribution >= 0.6 is 12.4 Å². The molecule has 0 spiro atoms. The number of carbonyl (C=O) groups excluding carboxylic acids is 1. The molecule has 142 valence electrons. The van der Waals surface area contributed by atoms with Crippen LogP contribution < -0.4 is 10.6 Å². The molecule has 0 bridgehead atoms. The third-order valence-electron chi connectivity index (χ3n) is 3.46. The standard InChI is InChI=1S/C11H16F3N7O3.ClH/c12-11(13,14)8(19-3-1-15-2-4-19)5-16-9(22)6-20-7-17-10(18-20)21(23)24;/h7-8,15H,1-6H2,(H,16,22);1H. The molecule has 10 nitrogen and oxygen atoms in total. The lowest BCUT2D eigenvalue weighted by Crippen LogP contribution is -2.57. The van der Waals surface area contributed by atoms with Crippen molar-refractivity contribution in [2.45, 2.75) is 18.8 Å². The third kappa shape index (κ3) is 6.10. The predicted octanol–water partition coefficient (Wildman–Crippen LogP) is -0.440. The van der Waals surface area contributed by atoms with Crippen molar-refractivity contribution < 1.29 is 22.9 Å². The summed E-state index contributed by atoms with van der Waals surface area (Å²) in [6.45, 7) is 0.309. The number of hydrogen-bond donors (Lipinski definition) is 2. The molecule has 1 aromatic heterocycles. The highest BCUT2D eigenvalue weighted by molar-refractivity contribution is 5.85. The minimum absolute atomic E-state index is 0. The number of amides is 1. The van der Waals surface area contributed by atoms with E-state index in [2.05, 4.69) is 20.7 Å². The first-order valence-electron chi connectivity index (χ1n) is 7.09. The molecule has 1 aromatic rings. The highest BCUT2D eigenvalue weighted by Crippen LogP contribution is 2.24. The second kappa shape index (κ2) is 8.92. The van der Waals surface area contributed by atoms with Crippen LogP contribution in [-0.2, 0) is 11.3 Å². The van der Waals surface area contributed by atoms with E-state index in [1.807, 2.05) is 0 Å². The largest absolute Gasteiger partial charge is 0.490 e. The molecular weight excluding hydrogens is 371 g/mol. The maximum absolute atomic E-state index is 13.2. The van der Waals surface area contributed by atoms with Crippen LogP contribution in [0.15, 0.2) is 6.33 Å². The van der Waals surface area contributed by atoms with Crippen LogP contribution in [0.4, 0.5) is 19.1 Å². The number of nitro groups is 1. The van der Waals surface area contributed by atoms with Gasteiger partial charge in [0, 0.05) is 37.8 Å². The van der Waals surface area contributed by atoms with Crippen molar-refractivity contribution >= 4 is 24.3 Å². The Morgan fingerprint density at radius 3 is 2.60 bits per heavy atom. The molecule has 0 saturated carbocycles. The Hall–Kier alpha value is -1.99. The molecule has 2 heterocycles. The smallest absolute Gasteiger partial charge is 0.390 e. The van der Waals surface area contributed by atoms with Gasteiger partial charge in [0.1, 0.15) is 12.6 Å². The minimum atomic E-state index is -4.48. The number of rotatable bonds is 6. The first-order valence-corrected chi connectivity index (χ1v) is 7.09. The molecule has 14 heteroatoms. The van der Waals surface area contributed by atoms with E-state index in [0.29, 0.717) is 13.1 Å². The highest BCUT2D eigenvalue weighted by Gasteiger charge is 2.43. The molecule has 1 unspecified atom stereocenters. The molecular formula is C11H17ClF3N7O3. The molecule has 0 aromatic carbocycles. The number of aromatic nitrogens is 3. The number of piperazine rings is 1. The molecule has 25 heavy (non-hydrogen) atoms. The minimum Gasteiger partial charge on any atom is -0.390 e. The number of hydrogen-bond acceptors (Lipinski definition) is 7. The van der Waals surface area contributed by atoms with E-state index in [1.165, 1.54) is 4.90 Å². The van der Waals surface area contributed by atoms with Crippen LogP contribution in [-0.4, -0.2) is 75.4 Å². The van der Waals surface area contributed by atoms with Crippen LogP contribution in [0, 0.1) is 10.1 Å². The van der Waals surface area contributed by atoms with Crippen LogP contribution in [0.5, 0.6) is 0 Å². The average Bonchev–Trinajstić information content (AvgIpc) is 2.96. The summed E-state index contributed by atoms with van der Waals surface area (Å²) in [4.78, 5) is 25.9. The van der Waals surface area contributed by atoms with Crippen LogP contribution in [0.25, 0.3) is 0 Å². The fourth-order valence-electron chi connectivity index (χ4n) is 2.30. The monoisotopic (exact) mass is 387 g/mol. The van der Waals surface area contributed by atoms with E-state index in [9.17, 15) is 28.1 Å². The van der Waals surface area contributed by atoms with Gasteiger partial charge >= 0.3 is 12.1 Å². The van der Waals surface area contributed by atoms with Crippen molar-refractivity contribution in [1.82, 2.24) is 30.3 Å². The molecule has 1 atom stereocenters. The molecule has 0 radical (unpaired) electrons. The Balaban J connectivity index is 0.00000312. The van der Waals surface area contributed by atoms with Crippen molar-refractivity contribution in [3.8, 4) is 0 Å². The lowest BCUT2D eigenvalue weighted by Gasteiger charge is -2.35. The fraction of sp³-hybridized carbons (Fsp3) is 0.727. The van der Waals surface area contributed by atoms with Crippen molar-refractivity contribution in [3.63, 3.8) is 0 Å². The van der Waals surface area contributed by atoms with Gasteiger partial charge in [-0.2, -0.15) is 17.9 Å². The van der Waals surface area contributed by atoms with Gasteiger partial charge in [-0.3, -0.25) is 9.69 Å². The van der Waals surface area contributed by atoms with Gasteiger partial charge in [-0.25, -0.2) is 0 Å². The van der Waals surface area contributed by atoms with E-state index in [4.69, 9.17) is 0 Å². The molecule has 2 N–H and O–H groups in total. The summed E-state index contributed by atoms with van der Waals surface area (Å²) in [7, 11) is 0. The zero-order chi connectivity index (χ0) is 17.7. The molecule has 1 aliphatic rings. The second-order valence-electron chi connectivity index (χ2n) is 5.15. The molecule has 1 saturated heterocycles. The van der Waals surface area contributed by atoms with Gasteiger partial charge in [0.2, 0.25) is 12.2 Å². The van der Waals surface area contributed by atoms with Crippen LogP contribution in [0.1, 0.15) is 0 Å². The summed E-state index contributed by atoms with van der Waals surface area (Å²) in [6, 6.07) is -1.78. The van der Waals surface area contributed by atoms with Gasteiger partial charge in [-0.1, -0.05) is 4.98 Å². The number of nitrogens with zero attached hydrogens (tertiary/aromatic N) is 5. The summed E-state index contributed by atoms with van der Waals surface area (Å²) < 4.78 is 40.4. The number of nitrogens with one attached hydrogen (secondary N) is 2. The Labute approximate surface area is 146 Å². The first kappa shape index (κ1) is 21.1. The Morgan fingerprint density at radius 1 is 1.44 bits per heavy atom. The molecule has 1 aliphatic heterocycles. The predicted molar refractivity (Wildman–Crippen MR) is 81.2 cm³/mol. The average molecular weight is 388 g/mol.